The molecule has 0 bridgehead atoms. The van der Waals surface area contributed by atoms with E-state index in [9.17, 15) is 0 Å². The number of benzene rings is 8. The molecule has 1 aliphatic rings. The van der Waals surface area contributed by atoms with Gasteiger partial charge in [-0.1, -0.05) is 182 Å². The number of imide groups is 1. The highest BCUT2D eigenvalue weighted by atomic mass is 16.2. The highest BCUT2D eigenvalue weighted by Gasteiger charge is 2.72. The molecule has 1 aliphatic heterocycles. The number of hydrogen-bond acceptors (Lipinski definition) is 2. The Morgan fingerprint density at radius 1 is 0.321 bits per heavy atom. The fourth-order valence-corrected chi connectivity index (χ4v) is 9.26. The third-order valence-electron chi connectivity index (χ3n) is 11.6. The Morgan fingerprint density at radius 2 is 0.714 bits per heavy atom. The van der Waals surface area contributed by atoms with Crippen LogP contribution in [-0.2, 0) is 20.4 Å². The van der Waals surface area contributed by atoms with Crippen LogP contribution in [-0.4, -0.2) is 16.4 Å². The molecule has 0 saturated carbocycles. The minimum absolute atomic E-state index is 0.297. The van der Waals surface area contributed by atoms with Crippen LogP contribution in [0.4, 0.5) is 5.69 Å². The van der Waals surface area contributed by atoms with Crippen LogP contribution in [0.15, 0.2) is 218 Å². The maximum atomic E-state index is 15.8. The average molecular weight is 721 g/mol. The van der Waals surface area contributed by atoms with Crippen LogP contribution in [0.25, 0.3) is 38.6 Å². The number of para-hydroxylation sites is 2. The van der Waals surface area contributed by atoms with Crippen LogP contribution in [0, 0.1) is 0 Å². The molecule has 0 radical (unpaired) electrons. The smallest absolute Gasteiger partial charge is 0.250 e. The van der Waals surface area contributed by atoms with Crippen LogP contribution in [0.2, 0.25) is 0 Å². The van der Waals surface area contributed by atoms with Crippen molar-refractivity contribution in [1.82, 2.24) is 4.57 Å². The molecule has 0 unspecified atom stereocenters. The van der Waals surface area contributed by atoms with E-state index in [1.165, 1.54) is 15.7 Å². The maximum Gasteiger partial charge on any atom is 0.250 e. The first-order valence-electron chi connectivity index (χ1n) is 18.9. The van der Waals surface area contributed by atoms with Gasteiger partial charge in [-0.3, -0.25) is 9.59 Å². The molecule has 2 heterocycles. The second kappa shape index (κ2) is 13.2. The number of carbonyl (C=O) groups excluding carboxylic acids is 2. The third kappa shape index (κ3) is 4.72. The van der Waals surface area contributed by atoms with Crippen LogP contribution in [0.1, 0.15) is 22.3 Å². The summed E-state index contributed by atoms with van der Waals surface area (Å²) in [6.45, 7) is 0. The molecule has 4 nitrogen and oxygen atoms in total. The molecule has 2 amide bonds. The molecular weight excluding hydrogens is 685 g/mol. The van der Waals surface area contributed by atoms with Gasteiger partial charge >= 0.3 is 0 Å². The van der Waals surface area contributed by atoms with Crippen LogP contribution in [0.3, 0.4) is 0 Å². The van der Waals surface area contributed by atoms with E-state index >= 15 is 9.59 Å². The number of aromatic nitrogens is 1. The largest absolute Gasteiger partial charge is 0.309 e. The molecule has 0 aliphatic carbocycles. The van der Waals surface area contributed by atoms with E-state index in [1.807, 2.05) is 146 Å². The summed E-state index contributed by atoms with van der Waals surface area (Å²) in [6.07, 6.45) is 0. The topological polar surface area (TPSA) is 42.3 Å². The summed E-state index contributed by atoms with van der Waals surface area (Å²) in [4.78, 5) is 33.1. The molecule has 4 heteroatoms. The lowest BCUT2D eigenvalue weighted by molar-refractivity contribution is -0.122. The van der Waals surface area contributed by atoms with Crippen molar-refractivity contribution in [2.75, 3.05) is 4.90 Å². The van der Waals surface area contributed by atoms with Gasteiger partial charge in [0.25, 0.3) is 11.8 Å². The second-order valence-electron chi connectivity index (χ2n) is 14.4. The number of anilines is 1. The first-order valence-corrected chi connectivity index (χ1v) is 18.9. The Hall–Kier alpha value is -7.30. The van der Waals surface area contributed by atoms with Gasteiger partial charge in [0.05, 0.1) is 16.7 Å². The van der Waals surface area contributed by atoms with Gasteiger partial charge in [-0.05, 0) is 69.8 Å². The Morgan fingerprint density at radius 3 is 1.14 bits per heavy atom. The summed E-state index contributed by atoms with van der Waals surface area (Å²) in [5, 5.41) is 2.42. The molecular formula is C52H36N2O2. The SMILES string of the molecule is O=C1N(c2ccc(-c3cccc(-n4c5ccccc5c5ccccc54)c3)cc2)C(=O)C(c2ccccc2)(c2ccccc2)C1(c1ccccc1)c1ccccc1. The van der Waals surface area contributed by atoms with Gasteiger partial charge in [0.1, 0.15) is 10.8 Å². The van der Waals surface area contributed by atoms with Crippen molar-refractivity contribution in [3.63, 3.8) is 0 Å². The molecule has 8 aromatic carbocycles. The van der Waals surface area contributed by atoms with Crippen molar-refractivity contribution in [1.29, 1.82) is 0 Å². The van der Waals surface area contributed by atoms with Gasteiger partial charge in [-0.2, -0.15) is 0 Å². The minimum Gasteiger partial charge on any atom is -0.309 e. The van der Waals surface area contributed by atoms with Crippen LogP contribution in [0.5, 0.6) is 0 Å². The van der Waals surface area contributed by atoms with Gasteiger partial charge < -0.3 is 4.57 Å². The van der Waals surface area contributed by atoms with Crippen LogP contribution < -0.4 is 4.90 Å². The molecule has 0 spiro atoms. The first kappa shape index (κ1) is 33.3. The molecule has 266 valence electrons. The zero-order valence-electron chi connectivity index (χ0n) is 30.5. The first-order chi connectivity index (χ1) is 27.6. The molecule has 1 saturated heterocycles. The Bertz CT molecular complexity index is 2650. The number of fused-ring (bicyclic) bond motifs is 3. The van der Waals surface area contributed by atoms with E-state index in [0.29, 0.717) is 5.69 Å². The quantitative estimate of drug-likeness (QED) is 0.154. The zero-order valence-corrected chi connectivity index (χ0v) is 30.5. The summed E-state index contributed by atoms with van der Waals surface area (Å²) >= 11 is 0. The molecule has 56 heavy (non-hydrogen) atoms. The number of carbonyl (C=O) groups is 2. The number of hydrogen-bond donors (Lipinski definition) is 0. The zero-order chi connectivity index (χ0) is 37.7. The van der Waals surface area contributed by atoms with E-state index in [1.54, 1.807) is 0 Å². The summed E-state index contributed by atoms with van der Waals surface area (Å²) in [5.41, 5.74) is 5.99. The highest BCUT2D eigenvalue weighted by Crippen LogP contribution is 2.59. The van der Waals surface area contributed by atoms with Crippen molar-refractivity contribution in [2.24, 2.45) is 0 Å². The number of amides is 2. The van der Waals surface area contributed by atoms with E-state index in [-0.39, 0.29) is 11.8 Å². The lowest BCUT2D eigenvalue weighted by Crippen LogP contribution is -2.53. The molecule has 1 fully saturated rings. The van der Waals surface area contributed by atoms with Gasteiger partial charge in [-0.15, -0.1) is 0 Å². The van der Waals surface area contributed by atoms with Gasteiger partial charge in [0, 0.05) is 16.5 Å². The normalized spacial score (nSPS) is 14.8. The monoisotopic (exact) mass is 720 g/mol. The molecule has 9 aromatic rings. The highest BCUT2D eigenvalue weighted by molar-refractivity contribution is 6.32. The van der Waals surface area contributed by atoms with E-state index in [2.05, 4.69) is 77.4 Å². The van der Waals surface area contributed by atoms with E-state index in [4.69, 9.17) is 0 Å². The maximum absolute atomic E-state index is 15.8. The summed E-state index contributed by atoms with van der Waals surface area (Å²) in [7, 11) is 0. The van der Waals surface area contributed by atoms with Gasteiger partial charge in [0.2, 0.25) is 0 Å². The molecule has 0 atom stereocenters. The summed E-state index contributed by atoms with van der Waals surface area (Å²) in [5.74, 6) is -0.595. The van der Waals surface area contributed by atoms with Gasteiger partial charge in [-0.25, -0.2) is 4.90 Å². The standard InChI is InChI=1S/C52H36N2O2/c55-49-51(39-19-5-1-6-20-39,40-21-7-2-8-22-40)52(41-23-9-3-10-24-41,42-25-11-4-12-26-42)50(56)54(49)43-34-32-37(33-35-43)38-18-17-27-44(36-38)53-47-30-15-13-28-45(47)46-29-14-16-31-48(46)53/h1-36H. The lowest BCUT2D eigenvalue weighted by Gasteiger charge is -2.43. The summed E-state index contributed by atoms with van der Waals surface area (Å²) < 4.78 is 2.31. The van der Waals surface area contributed by atoms with Crippen LogP contribution >= 0.6 is 0 Å². The Balaban J connectivity index is 1.15. The summed E-state index contributed by atoms with van der Waals surface area (Å²) in [6, 6.07) is 72.6. The molecule has 0 N–H and O–H groups in total. The number of rotatable bonds is 7. The van der Waals surface area contributed by atoms with Crippen molar-refractivity contribution >= 4 is 39.3 Å². The van der Waals surface area contributed by atoms with E-state index in [0.717, 1.165) is 50.1 Å². The second-order valence-corrected chi connectivity index (χ2v) is 14.4. The van der Waals surface area contributed by atoms with Gasteiger partial charge in [0.15, 0.2) is 0 Å². The fraction of sp³-hybridized carbons (Fsp3) is 0.0385. The minimum atomic E-state index is -1.44. The van der Waals surface area contributed by atoms with Crippen molar-refractivity contribution in [3.8, 4) is 16.8 Å². The fourth-order valence-electron chi connectivity index (χ4n) is 9.26. The van der Waals surface area contributed by atoms with Crippen molar-refractivity contribution in [3.05, 3.63) is 241 Å². The Kier molecular flexibility index (Phi) is 7.86. The predicted molar refractivity (Wildman–Crippen MR) is 226 cm³/mol. The van der Waals surface area contributed by atoms with E-state index < -0.39 is 10.8 Å². The average Bonchev–Trinajstić information content (AvgIpc) is 3.72. The molecule has 10 rings (SSSR count). The predicted octanol–water partition coefficient (Wildman–Crippen LogP) is 11.3. The van der Waals surface area contributed by atoms with Crippen molar-refractivity contribution < 1.29 is 9.59 Å². The Labute approximate surface area is 325 Å². The third-order valence-corrected chi connectivity index (χ3v) is 11.6. The molecule has 1 aromatic heterocycles. The lowest BCUT2D eigenvalue weighted by atomic mass is 9.53. The number of nitrogens with zero attached hydrogens (tertiary/aromatic N) is 2. The van der Waals surface area contributed by atoms with Crippen molar-refractivity contribution in [2.45, 2.75) is 10.8 Å².